The number of unbranched alkanes of at least 4 members (excludes halogenated alkanes) is 1. The highest BCUT2D eigenvalue weighted by Crippen LogP contribution is 2.24. The van der Waals surface area contributed by atoms with E-state index in [0.29, 0.717) is 32.7 Å². The number of nitrogens with one attached hydrogen (secondary N) is 1. The van der Waals surface area contributed by atoms with Crippen molar-refractivity contribution in [3.63, 3.8) is 0 Å². The Morgan fingerprint density at radius 3 is 2.53 bits per heavy atom. The molecule has 1 atom stereocenters. The topological polar surface area (TPSA) is 61.9 Å². The van der Waals surface area contributed by atoms with Crippen LogP contribution in [0.5, 0.6) is 5.75 Å². The number of carbonyl (C=O) groups excluding carboxylic acids is 2. The number of anilines is 1. The van der Waals surface area contributed by atoms with E-state index in [1.165, 1.54) is 0 Å². The molecule has 2 aromatic carbocycles. The maximum Gasteiger partial charge on any atom is 0.317 e. The van der Waals surface area contributed by atoms with E-state index in [1.807, 2.05) is 66.4 Å². The van der Waals surface area contributed by atoms with Crippen LogP contribution in [0.4, 0.5) is 10.5 Å². The van der Waals surface area contributed by atoms with Crippen LogP contribution in [0.1, 0.15) is 38.7 Å². The van der Waals surface area contributed by atoms with Gasteiger partial charge in [-0.05, 0) is 43.2 Å². The molecule has 1 N–H and O–H groups in total. The van der Waals surface area contributed by atoms with Crippen molar-refractivity contribution in [3.05, 3.63) is 60.2 Å². The molecule has 0 aliphatic carbocycles. The molecule has 2 aromatic rings. The number of amides is 3. The largest absolute Gasteiger partial charge is 0.494 e. The van der Waals surface area contributed by atoms with Gasteiger partial charge in [-0.1, -0.05) is 43.7 Å². The van der Waals surface area contributed by atoms with Gasteiger partial charge >= 0.3 is 6.03 Å². The molecule has 3 amide bonds. The minimum Gasteiger partial charge on any atom is -0.494 e. The predicted molar refractivity (Wildman–Crippen MR) is 119 cm³/mol. The van der Waals surface area contributed by atoms with Crippen LogP contribution in [-0.2, 0) is 11.3 Å². The van der Waals surface area contributed by atoms with Crippen LogP contribution in [0.2, 0.25) is 0 Å². The van der Waals surface area contributed by atoms with Gasteiger partial charge in [0.15, 0.2) is 0 Å². The molecule has 0 radical (unpaired) electrons. The summed E-state index contributed by atoms with van der Waals surface area (Å²) in [4.78, 5) is 29.1. The second-order valence-electron chi connectivity index (χ2n) is 7.54. The summed E-state index contributed by atoms with van der Waals surface area (Å²) in [6, 6.07) is 17.2. The average Bonchev–Trinajstić information content (AvgIpc) is 3.12. The van der Waals surface area contributed by atoms with Crippen molar-refractivity contribution in [1.82, 2.24) is 10.2 Å². The molecule has 0 spiro atoms. The smallest absolute Gasteiger partial charge is 0.317 e. The van der Waals surface area contributed by atoms with E-state index < -0.39 is 0 Å². The van der Waals surface area contributed by atoms with Gasteiger partial charge in [0.1, 0.15) is 5.75 Å². The number of ether oxygens (including phenoxy) is 1. The zero-order chi connectivity index (χ0) is 21.3. The van der Waals surface area contributed by atoms with Gasteiger partial charge in [0.25, 0.3) is 0 Å². The number of rotatable bonds is 9. The number of carbonyl (C=O) groups is 2. The Kier molecular flexibility index (Phi) is 7.71. The van der Waals surface area contributed by atoms with E-state index in [9.17, 15) is 9.59 Å². The number of hydrogen-bond acceptors (Lipinski definition) is 3. The molecule has 160 valence electrons. The second-order valence-corrected chi connectivity index (χ2v) is 7.54. The van der Waals surface area contributed by atoms with Gasteiger partial charge in [0, 0.05) is 31.7 Å². The fourth-order valence-corrected chi connectivity index (χ4v) is 3.61. The molecule has 0 aromatic heterocycles. The minimum absolute atomic E-state index is 0.0210. The lowest BCUT2D eigenvalue weighted by Gasteiger charge is -2.25. The third-order valence-electron chi connectivity index (χ3n) is 5.20. The molecule has 3 rings (SSSR count). The summed E-state index contributed by atoms with van der Waals surface area (Å²) in [5.74, 6) is 0.804. The van der Waals surface area contributed by atoms with Crippen molar-refractivity contribution in [1.29, 1.82) is 0 Å². The van der Waals surface area contributed by atoms with Crippen molar-refractivity contribution < 1.29 is 14.3 Å². The maximum atomic E-state index is 12.9. The van der Waals surface area contributed by atoms with Gasteiger partial charge in [0.2, 0.25) is 5.91 Å². The second kappa shape index (κ2) is 10.7. The van der Waals surface area contributed by atoms with E-state index in [4.69, 9.17) is 4.74 Å². The first-order valence-electron chi connectivity index (χ1n) is 10.7. The molecule has 6 nitrogen and oxygen atoms in total. The van der Waals surface area contributed by atoms with Crippen LogP contribution >= 0.6 is 0 Å². The van der Waals surface area contributed by atoms with E-state index in [0.717, 1.165) is 29.8 Å². The van der Waals surface area contributed by atoms with E-state index in [2.05, 4.69) is 12.2 Å². The fraction of sp³-hybridized carbons (Fsp3) is 0.417. The minimum atomic E-state index is -0.198. The Balaban J connectivity index is 1.61. The molecule has 1 fully saturated rings. The summed E-state index contributed by atoms with van der Waals surface area (Å²) in [6.45, 7) is 6.39. The lowest BCUT2D eigenvalue weighted by molar-refractivity contribution is -0.117. The Hall–Kier alpha value is -3.02. The number of hydrogen-bond donors (Lipinski definition) is 1. The van der Waals surface area contributed by atoms with Crippen LogP contribution in [-0.4, -0.2) is 42.6 Å². The molecule has 0 saturated carbocycles. The lowest BCUT2D eigenvalue weighted by Crippen LogP contribution is -2.45. The van der Waals surface area contributed by atoms with Gasteiger partial charge in [-0.25, -0.2) is 4.79 Å². The molecular weight excluding hydrogens is 378 g/mol. The lowest BCUT2D eigenvalue weighted by atomic mass is 10.2. The van der Waals surface area contributed by atoms with E-state index >= 15 is 0 Å². The normalized spacial score (nSPS) is 15.9. The first kappa shape index (κ1) is 21.7. The molecule has 1 aliphatic rings. The van der Waals surface area contributed by atoms with Crippen molar-refractivity contribution in [3.8, 4) is 5.75 Å². The summed E-state index contributed by atoms with van der Waals surface area (Å²) in [7, 11) is 0. The predicted octanol–water partition coefficient (Wildman–Crippen LogP) is 4.20. The first-order valence-corrected chi connectivity index (χ1v) is 10.7. The van der Waals surface area contributed by atoms with Crippen molar-refractivity contribution in [2.45, 2.75) is 45.7 Å². The van der Waals surface area contributed by atoms with Gasteiger partial charge in [-0.2, -0.15) is 0 Å². The van der Waals surface area contributed by atoms with Crippen LogP contribution < -0.4 is 15.0 Å². The van der Waals surface area contributed by atoms with Crippen molar-refractivity contribution in [2.24, 2.45) is 0 Å². The molecular formula is C24H31N3O3. The summed E-state index contributed by atoms with van der Waals surface area (Å²) >= 11 is 0. The van der Waals surface area contributed by atoms with E-state index in [1.54, 1.807) is 4.90 Å². The quantitative estimate of drug-likeness (QED) is 0.675. The standard InChI is InChI=1S/C24H31N3O3/c1-3-5-15-26(17-19-9-7-6-8-10-19)24(29)25-20-16-23(28)27(18-20)21-11-13-22(14-12-21)30-4-2/h6-14,20H,3-5,15-18H2,1-2H3,(H,25,29)/t20-/m1/s1. The number of urea groups is 1. The molecule has 0 unspecified atom stereocenters. The summed E-state index contributed by atoms with van der Waals surface area (Å²) in [6.07, 6.45) is 2.28. The molecule has 30 heavy (non-hydrogen) atoms. The Morgan fingerprint density at radius 2 is 1.87 bits per heavy atom. The molecule has 6 heteroatoms. The van der Waals surface area contributed by atoms with Crippen molar-refractivity contribution >= 4 is 17.6 Å². The van der Waals surface area contributed by atoms with Crippen LogP contribution in [0.3, 0.4) is 0 Å². The SMILES string of the molecule is CCCCN(Cc1ccccc1)C(=O)N[C@@H]1CC(=O)N(c2ccc(OCC)cc2)C1. The van der Waals surface area contributed by atoms with E-state index in [-0.39, 0.29) is 18.0 Å². The summed E-state index contributed by atoms with van der Waals surface area (Å²) < 4.78 is 5.47. The highest BCUT2D eigenvalue weighted by molar-refractivity contribution is 5.96. The Labute approximate surface area is 178 Å². The molecule has 1 heterocycles. The van der Waals surface area contributed by atoms with Gasteiger partial charge in [-0.15, -0.1) is 0 Å². The van der Waals surface area contributed by atoms with Gasteiger partial charge < -0.3 is 19.9 Å². The first-order chi connectivity index (χ1) is 14.6. The number of nitrogens with zero attached hydrogens (tertiary/aromatic N) is 2. The third kappa shape index (κ3) is 5.75. The van der Waals surface area contributed by atoms with Crippen molar-refractivity contribution in [2.75, 3.05) is 24.6 Å². The van der Waals surface area contributed by atoms with Gasteiger partial charge in [0.05, 0.1) is 12.6 Å². The maximum absolute atomic E-state index is 12.9. The van der Waals surface area contributed by atoms with Crippen LogP contribution in [0, 0.1) is 0 Å². The molecule has 0 bridgehead atoms. The Morgan fingerprint density at radius 1 is 1.13 bits per heavy atom. The monoisotopic (exact) mass is 409 g/mol. The zero-order valence-corrected chi connectivity index (χ0v) is 17.8. The summed E-state index contributed by atoms with van der Waals surface area (Å²) in [5.41, 5.74) is 1.93. The Bertz CT molecular complexity index is 823. The number of benzene rings is 2. The molecule has 1 saturated heterocycles. The highest BCUT2D eigenvalue weighted by atomic mass is 16.5. The van der Waals surface area contributed by atoms with Crippen LogP contribution in [0.15, 0.2) is 54.6 Å². The third-order valence-corrected chi connectivity index (χ3v) is 5.20. The molecule has 1 aliphatic heterocycles. The van der Waals surface area contributed by atoms with Gasteiger partial charge in [-0.3, -0.25) is 4.79 Å². The average molecular weight is 410 g/mol. The highest BCUT2D eigenvalue weighted by Gasteiger charge is 2.32. The zero-order valence-electron chi connectivity index (χ0n) is 17.8. The summed E-state index contributed by atoms with van der Waals surface area (Å²) in [5, 5.41) is 3.07. The fourth-order valence-electron chi connectivity index (χ4n) is 3.61. The van der Waals surface area contributed by atoms with Crippen LogP contribution in [0.25, 0.3) is 0 Å².